The standard InChI is InChI=1S/C17H17BrN2O3S/c1-23-15-7-3-6-14(9-15)20-17(22)11-24-10-16(21)19-13-5-2-4-12(18)8-13/h2-9H,10-11H2,1H3,(H,19,21)(H,20,22). The number of benzene rings is 2. The highest BCUT2D eigenvalue weighted by Crippen LogP contribution is 2.18. The largest absolute Gasteiger partial charge is 0.497 e. The Hall–Kier alpha value is -1.99. The summed E-state index contributed by atoms with van der Waals surface area (Å²) in [5, 5.41) is 5.55. The molecule has 2 N–H and O–H groups in total. The second-order valence-corrected chi connectivity index (χ2v) is 6.73. The highest BCUT2D eigenvalue weighted by molar-refractivity contribution is 9.10. The molecule has 7 heteroatoms. The van der Waals surface area contributed by atoms with Crippen molar-refractivity contribution in [1.82, 2.24) is 0 Å². The van der Waals surface area contributed by atoms with Crippen LogP contribution in [0.2, 0.25) is 0 Å². The molecule has 0 aliphatic carbocycles. The van der Waals surface area contributed by atoms with E-state index in [1.54, 1.807) is 31.4 Å². The highest BCUT2D eigenvalue weighted by atomic mass is 79.9. The zero-order valence-corrected chi connectivity index (χ0v) is 15.4. The van der Waals surface area contributed by atoms with Gasteiger partial charge in [-0.05, 0) is 30.3 Å². The molecule has 0 bridgehead atoms. The maximum Gasteiger partial charge on any atom is 0.234 e. The quantitative estimate of drug-likeness (QED) is 0.731. The van der Waals surface area contributed by atoms with E-state index in [2.05, 4.69) is 26.6 Å². The average molecular weight is 409 g/mol. The second-order valence-electron chi connectivity index (χ2n) is 4.83. The monoisotopic (exact) mass is 408 g/mol. The summed E-state index contributed by atoms with van der Waals surface area (Å²) in [6, 6.07) is 14.5. The number of amides is 2. The molecule has 2 aromatic carbocycles. The van der Waals surface area contributed by atoms with Gasteiger partial charge in [0.25, 0.3) is 0 Å². The van der Waals surface area contributed by atoms with Crippen LogP contribution in [0.1, 0.15) is 0 Å². The fourth-order valence-electron chi connectivity index (χ4n) is 1.90. The van der Waals surface area contributed by atoms with E-state index in [1.165, 1.54) is 11.8 Å². The smallest absolute Gasteiger partial charge is 0.234 e. The van der Waals surface area contributed by atoms with Crippen LogP contribution in [0, 0.1) is 0 Å². The number of carbonyl (C=O) groups is 2. The van der Waals surface area contributed by atoms with Gasteiger partial charge in [-0.1, -0.05) is 28.1 Å². The lowest BCUT2D eigenvalue weighted by atomic mass is 10.3. The lowest BCUT2D eigenvalue weighted by Crippen LogP contribution is -2.18. The summed E-state index contributed by atoms with van der Waals surface area (Å²) in [5.74, 6) is 0.769. The van der Waals surface area contributed by atoms with Crippen molar-refractivity contribution in [2.45, 2.75) is 0 Å². The Balaban J connectivity index is 1.72. The van der Waals surface area contributed by atoms with Crippen LogP contribution in [0.25, 0.3) is 0 Å². The zero-order chi connectivity index (χ0) is 17.4. The Morgan fingerprint density at radius 1 is 1.00 bits per heavy atom. The van der Waals surface area contributed by atoms with Crippen LogP contribution in [0.5, 0.6) is 5.75 Å². The van der Waals surface area contributed by atoms with Crippen molar-refractivity contribution in [3.63, 3.8) is 0 Å². The first-order valence-electron chi connectivity index (χ1n) is 7.14. The minimum absolute atomic E-state index is 0.146. The molecule has 2 rings (SSSR count). The number of thioether (sulfide) groups is 1. The SMILES string of the molecule is COc1cccc(NC(=O)CSCC(=O)Nc2cccc(Br)c2)c1. The van der Waals surface area contributed by atoms with Gasteiger partial charge >= 0.3 is 0 Å². The van der Waals surface area contributed by atoms with Gasteiger partial charge in [0.1, 0.15) is 5.75 Å². The van der Waals surface area contributed by atoms with Gasteiger partial charge in [-0.2, -0.15) is 0 Å². The van der Waals surface area contributed by atoms with Gasteiger partial charge in [-0.15, -0.1) is 11.8 Å². The molecule has 0 aliphatic heterocycles. The van der Waals surface area contributed by atoms with Crippen LogP contribution in [0.4, 0.5) is 11.4 Å². The van der Waals surface area contributed by atoms with E-state index in [4.69, 9.17) is 4.74 Å². The summed E-state index contributed by atoms with van der Waals surface area (Å²) in [6.45, 7) is 0. The number of rotatable bonds is 7. The van der Waals surface area contributed by atoms with Gasteiger partial charge in [0, 0.05) is 21.9 Å². The maximum absolute atomic E-state index is 11.9. The second kappa shape index (κ2) is 9.34. The average Bonchev–Trinajstić information content (AvgIpc) is 2.55. The lowest BCUT2D eigenvalue weighted by molar-refractivity contribution is -0.114. The van der Waals surface area contributed by atoms with Gasteiger partial charge in [0.05, 0.1) is 18.6 Å². The van der Waals surface area contributed by atoms with E-state index < -0.39 is 0 Å². The zero-order valence-electron chi connectivity index (χ0n) is 13.0. The number of carbonyl (C=O) groups excluding carboxylic acids is 2. The Labute approximate surface area is 153 Å². The molecule has 2 amide bonds. The fraction of sp³-hybridized carbons (Fsp3) is 0.176. The number of halogens is 1. The van der Waals surface area contributed by atoms with Crippen molar-refractivity contribution in [1.29, 1.82) is 0 Å². The van der Waals surface area contributed by atoms with Crippen molar-refractivity contribution in [2.75, 3.05) is 29.2 Å². The van der Waals surface area contributed by atoms with Gasteiger partial charge in [0.2, 0.25) is 11.8 Å². The first-order valence-corrected chi connectivity index (χ1v) is 9.08. The van der Waals surface area contributed by atoms with Crippen molar-refractivity contribution in [3.05, 3.63) is 53.0 Å². The summed E-state index contributed by atoms with van der Waals surface area (Å²) < 4.78 is 6.00. The summed E-state index contributed by atoms with van der Waals surface area (Å²) >= 11 is 4.60. The molecule has 0 heterocycles. The van der Waals surface area contributed by atoms with Gasteiger partial charge in [-0.3, -0.25) is 9.59 Å². The van der Waals surface area contributed by atoms with Crippen molar-refractivity contribution in [2.24, 2.45) is 0 Å². The summed E-state index contributed by atoms with van der Waals surface area (Å²) in [4.78, 5) is 23.7. The Morgan fingerprint density at radius 3 is 2.17 bits per heavy atom. The minimum atomic E-state index is -0.163. The van der Waals surface area contributed by atoms with E-state index in [1.807, 2.05) is 24.3 Å². The molecule has 0 aromatic heterocycles. The lowest BCUT2D eigenvalue weighted by Gasteiger charge is -2.07. The molecule has 0 radical (unpaired) electrons. The van der Waals surface area contributed by atoms with E-state index in [-0.39, 0.29) is 23.3 Å². The molecule has 24 heavy (non-hydrogen) atoms. The Bertz CT molecular complexity index is 724. The van der Waals surface area contributed by atoms with Crippen LogP contribution >= 0.6 is 27.7 Å². The molecule has 2 aromatic rings. The van der Waals surface area contributed by atoms with Gasteiger partial charge in [-0.25, -0.2) is 0 Å². The molecular formula is C17H17BrN2O3S. The molecule has 0 fully saturated rings. The third-order valence-electron chi connectivity index (χ3n) is 2.93. The first kappa shape index (κ1) is 18.4. The molecule has 126 valence electrons. The third-order valence-corrected chi connectivity index (χ3v) is 4.35. The van der Waals surface area contributed by atoms with E-state index in [9.17, 15) is 9.59 Å². The van der Waals surface area contributed by atoms with Gasteiger partial charge < -0.3 is 15.4 Å². The molecule has 0 saturated carbocycles. The number of hydrogen-bond donors (Lipinski definition) is 2. The van der Waals surface area contributed by atoms with Crippen LogP contribution in [0.3, 0.4) is 0 Å². The van der Waals surface area contributed by atoms with E-state index in [0.29, 0.717) is 11.4 Å². The molecular weight excluding hydrogens is 392 g/mol. The van der Waals surface area contributed by atoms with E-state index >= 15 is 0 Å². The Morgan fingerprint density at radius 2 is 1.58 bits per heavy atom. The van der Waals surface area contributed by atoms with Crippen LogP contribution < -0.4 is 15.4 Å². The summed E-state index contributed by atoms with van der Waals surface area (Å²) in [7, 11) is 1.57. The fourth-order valence-corrected chi connectivity index (χ4v) is 2.91. The Kier molecular flexibility index (Phi) is 7.14. The van der Waals surface area contributed by atoms with Crippen molar-refractivity contribution < 1.29 is 14.3 Å². The molecule has 5 nitrogen and oxygen atoms in total. The maximum atomic E-state index is 11.9. The van der Waals surface area contributed by atoms with Gasteiger partial charge in [0.15, 0.2) is 0 Å². The minimum Gasteiger partial charge on any atom is -0.497 e. The molecule has 0 atom stereocenters. The number of hydrogen-bond acceptors (Lipinski definition) is 4. The molecule has 0 aliphatic rings. The number of ether oxygens (including phenoxy) is 1. The highest BCUT2D eigenvalue weighted by Gasteiger charge is 2.07. The molecule has 0 spiro atoms. The topological polar surface area (TPSA) is 67.4 Å². The van der Waals surface area contributed by atoms with Crippen LogP contribution in [-0.4, -0.2) is 30.4 Å². The normalized spacial score (nSPS) is 10.1. The summed E-state index contributed by atoms with van der Waals surface area (Å²) in [6.07, 6.45) is 0. The van der Waals surface area contributed by atoms with Crippen molar-refractivity contribution >= 4 is 50.9 Å². The summed E-state index contributed by atoms with van der Waals surface area (Å²) in [5.41, 5.74) is 1.38. The predicted octanol–water partition coefficient (Wildman–Crippen LogP) is 3.77. The van der Waals surface area contributed by atoms with E-state index in [0.717, 1.165) is 10.2 Å². The number of anilines is 2. The van der Waals surface area contributed by atoms with Crippen molar-refractivity contribution in [3.8, 4) is 5.75 Å². The number of nitrogens with one attached hydrogen (secondary N) is 2. The molecule has 0 saturated heterocycles. The molecule has 0 unspecified atom stereocenters. The van der Waals surface area contributed by atoms with Crippen LogP contribution in [0.15, 0.2) is 53.0 Å². The predicted molar refractivity (Wildman–Crippen MR) is 102 cm³/mol. The number of methoxy groups -OCH3 is 1. The third kappa shape index (κ3) is 6.25. The first-order chi connectivity index (χ1) is 11.6. The van der Waals surface area contributed by atoms with Crippen LogP contribution in [-0.2, 0) is 9.59 Å².